The molecule has 2 aromatic carbocycles. The first kappa shape index (κ1) is 23.8. The number of carbonyl (C=O) groups is 3. The van der Waals surface area contributed by atoms with Crippen LogP contribution < -0.4 is 5.32 Å². The minimum absolute atomic E-state index is 0.0148. The van der Waals surface area contributed by atoms with E-state index in [0.29, 0.717) is 0 Å². The van der Waals surface area contributed by atoms with Crippen LogP contribution in [0.15, 0.2) is 36.4 Å². The number of nitrogens with zero attached hydrogens (tertiary/aromatic N) is 1. The van der Waals surface area contributed by atoms with Gasteiger partial charge in [-0.2, -0.15) is 13.2 Å². The molecule has 0 saturated carbocycles. The van der Waals surface area contributed by atoms with Crippen molar-refractivity contribution in [3.8, 4) is 5.75 Å². The van der Waals surface area contributed by atoms with Crippen LogP contribution in [0.4, 0.5) is 17.6 Å². The number of aromatic nitrogens is 1. The smallest absolute Gasteiger partial charge is 0.416 e. The number of benzene rings is 2. The van der Waals surface area contributed by atoms with Crippen molar-refractivity contribution >= 4 is 28.7 Å². The third-order valence-electron chi connectivity index (χ3n) is 5.06. The number of carbonyl (C=O) groups excluding carboxylic acids is 2. The van der Waals surface area contributed by atoms with Gasteiger partial charge >= 0.3 is 12.1 Å². The number of aromatic hydroxyl groups is 1. The Hall–Kier alpha value is -3.89. The number of carboxylic acids is 1. The van der Waals surface area contributed by atoms with Crippen molar-refractivity contribution < 1.29 is 42.2 Å². The summed E-state index contributed by atoms with van der Waals surface area (Å²) in [6.45, 7) is 1.34. The van der Waals surface area contributed by atoms with Crippen molar-refractivity contribution in [2.75, 3.05) is 6.54 Å². The number of carboxylic acid groups (broad SMARTS) is 1. The van der Waals surface area contributed by atoms with Crippen LogP contribution in [0.5, 0.6) is 5.75 Å². The number of hydrogen-bond donors (Lipinski definition) is 3. The maximum absolute atomic E-state index is 14.1. The molecule has 3 rings (SSSR count). The van der Waals surface area contributed by atoms with Gasteiger partial charge in [0.2, 0.25) is 5.91 Å². The molecule has 0 bridgehead atoms. The normalized spacial score (nSPS) is 11.5. The third-order valence-corrected chi connectivity index (χ3v) is 5.06. The summed E-state index contributed by atoms with van der Waals surface area (Å²) in [5, 5.41) is 21.1. The highest BCUT2D eigenvalue weighted by Gasteiger charge is 2.30. The summed E-state index contributed by atoms with van der Waals surface area (Å²) in [5.74, 6) is -4.17. The minimum Gasteiger partial charge on any atom is -0.505 e. The van der Waals surface area contributed by atoms with Crippen molar-refractivity contribution in [3.05, 3.63) is 64.6 Å². The van der Waals surface area contributed by atoms with Crippen LogP contribution in [0.1, 0.15) is 33.6 Å². The van der Waals surface area contributed by atoms with Crippen molar-refractivity contribution in [1.82, 2.24) is 9.88 Å². The van der Waals surface area contributed by atoms with E-state index in [4.69, 9.17) is 5.11 Å². The Labute approximate surface area is 184 Å². The van der Waals surface area contributed by atoms with Gasteiger partial charge in [0.15, 0.2) is 11.6 Å². The maximum atomic E-state index is 14.1. The number of phenolic OH excluding ortho intramolecular Hbond substituents is 1. The fourth-order valence-corrected chi connectivity index (χ4v) is 3.44. The van der Waals surface area contributed by atoms with Gasteiger partial charge in [-0.25, -0.2) is 4.39 Å². The van der Waals surface area contributed by atoms with Crippen molar-refractivity contribution in [2.24, 2.45) is 0 Å². The Kier molecular flexibility index (Phi) is 6.43. The molecule has 1 heterocycles. The number of rotatable bonds is 6. The summed E-state index contributed by atoms with van der Waals surface area (Å²) in [7, 11) is 0. The second kappa shape index (κ2) is 8.93. The van der Waals surface area contributed by atoms with Gasteiger partial charge in [0.05, 0.1) is 23.9 Å². The molecule has 1 aromatic heterocycles. The Morgan fingerprint density at radius 2 is 1.73 bits per heavy atom. The lowest BCUT2D eigenvalue weighted by molar-refractivity contribution is -0.138. The molecule has 0 aliphatic rings. The van der Waals surface area contributed by atoms with E-state index in [-0.39, 0.29) is 47.1 Å². The molecule has 33 heavy (non-hydrogen) atoms. The van der Waals surface area contributed by atoms with E-state index < -0.39 is 41.1 Å². The van der Waals surface area contributed by atoms with Gasteiger partial charge in [0.1, 0.15) is 0 Å². The second-order valence-electron chi connectivity index (χ2n) is 7.27. The topological polar surface area (TPSA) is 109 Å². The highest BCUT2D eigenvalue weighted by Crippen LogP contribution is 2.33. The molecule has 0 spiro atoms. The average molecular weight is 466 g/mol. The van der Waals surface area contributed by atoms with E-state index in [1.165, 1.54) is 6.92 Å². The monoisotopic (exact) mass is 466 g/mol. The fraction of sp³-hybridized carbons (Fsp3) is 0.227. The predicted octanol–water partition coefficient (Wildman–Crippen LogP) is 3.64. The zero-order chi connectivity index (χ0) is 24.5. The summed E-state index contributed by atoms with van der Waals surface area (Å²) in [6.07, 6.45) is -5.19. The highest BCUT2D eigenvalue weighted by atomic mass is 19.4. The lowest BCUT2D eigenvalue weighted by atomic mass is 10.1. The largest absolute Gasteiger partial charge is 0.505 e. The fourth-order valence-electron chi connectivity index (χ4n) is 3.44. The Bertz CT molecular complexity index is 1250. The lowest BCUT2D eigenvalue weighted by Crippen LogP contribution is -2.27. The molecule has 11 heteroatoms. The van der Waals surface area contributed by atoms with E-state index >= 15 is 0 Å². The minimum atomic E-state index is -4.58. The molecule has 3 aromatic rings. The summed E-state index contributed by atoms with van der Waals surface area (Å²) in [4.78, 5) is 36.0. The standard InChI is InChI=1S/C22H18F4N2O5/c1-11-14(9-19(30)27-7-6-20(31)32)15-8-18(29)16(23)10-17(15)28(11)21(33)12-2-4-13(5-3-12)22(24,25)26/h2-5,8,10,29H,6-7,9H2,1H3,(H,27,30)(H,31,32). The number of fused-ring (bicyclic) bond motifs is 1. The summed E-state index contributed by atoms with van der Waals surface area (Å²) in [6, 6.07) is 5.42. The van der Waals surface area contributed by atoms with Gasteiger partial charge in [-0.3, -0.25) is 19.0 Å². The van der Waals surface area contributed by atoms with Gasteiger partial charge in [-0.15, -0.1) is 0 Å². The van der Waals surface area contributed by atoms with Crippen molar-refractivity contribution in [2.45, 2.75) is 25.9 Å². The number of alkyl halides is 3. The molecule has 0 atom stereocenters. The van der Waals surface area contributed by atoms with Gasteiger partial charge in [0.25, 0.3) is 5.91 Å². The van der Waals surface area contributed by atoms with E-state index in [0.717, 1.165) is 41.0 Å². The SMILES string of the molecule is Cc1c(CC(=O)NCCC(=O)O)c2cc(O)c(F)cc2n1C(=O)c1ccc(C(F)(F)F)cc1. The zero-order valence-corrected chi connectivity index (χ0v) is 17.2. The number of halogens is 4. The van der Waals surface area contributed by atoms with Crippen LogP contribution in [0.2, 0.25) is 0 Å². The van der Waals surface area contributed by atoms with Crippen molar-refractivity contribution in [1.29, 1.82) is 0 Å². The molecular formula is C22H18F4N2O5. The average Bonchev–Trinajstić information content (AvgIpc) is 2.98. The van der Waals surface area contributed by atoms with Crippen LogP contribution in [-0.2, 0) is 22.2 Å². The Morgan fingerprint density at radius 3 is 2.30 bits per heavy atom. The summed E-state index contributed by atoms with van der Waals surface area (Å²) < 4.78 is 53.6. The maximum Gasteiger partial charge on any atom is 0.416 e. The molecule has 0 aliphatic heterocycles. The van der Waals surface area contributed by atoms with Crippen LogP contribution >= 0.6 is 0 Å². The van der Waals surface area contributed by atoms with Crippen LogP contribution in [-0.4, -0.2) is 39.1 Å². The first-order chi connectivity index (χ1) is 15.4. The quantitative estimate of drug-likeness (QED) is 0.481. The summed E-state index contributed by atoms with van der Waals surface area (Å²) >= 11 is 0. The third kappa shape index (κ3) is 4.97. The first-order valence-corrected chi connectivity index (χ1v) is 9.63. The molecule has 1 amide bonds. The van der Waals surface area contributed by atoms with Gasteiger partial charge in [-0.1, -0.05) is 0 Å². The predicted molar refractivity (Wildman–Crippen MR) is 108 cm³/mol. The molecule has 0 fully saturated rings. The molecular weight excluding hydrogens is 448 g/mol. The number of phenols is 1. The Morgan fingerprint density at radius 1 is 1.09 bits per heavy atom. The molecule has 3 N–H and O–H groups in total. The van der Waals surface area contributed by atoms with E-state index in [1.54, 1.807) is 0 Å². The molecule has 0 saturated heterocycles. The number of hydrogen-bond acceptors (Lipinski definition) is 4. The molecule has 174 valence electrons. The number of aliphatic carboxylic acids is 1. The van der Waals surface area contributed by atoms with Crippen LogP contribution in [0.3, 0.4) is 0 Å². The van der Waals surface area contributed by atoms with E-state index in [2.05, 4.69) is 5.32 Å². The second-order valence-corrected chi connectivity index (χ2v) is 7.27. The van der Waals surface area contributed by atoms with E-state index in [1.807, 2.05) is 0 Å². The van der Waals surface area contributed by atoms with Crippen LogP contribution in [0, 0.1) is 12.7 Å². The van der Waals surface area contributed by atoms with Crippen molar-refractivity contribution in [3.63, 3.8) is 0 Å². The highest BCUT2D eigenvalue weighted by molar-refractivity contribution is 6.05. The first-order valence-electron chi connectivity index (χ1n) is 9.63. The molecule has 7 nitrogen and oxygen atoms in total. The lowest BCUT2D eigenvalue weighted by Gasteiger charge is -2.10. The number of amides is 1. The van der Waals surface area contributed by atoms with E-state index in [9.17, 15) is 37.1 Å². The zero-order valence-electron chi connectivity index (χ0n) is 17.2. The van der Waals surface area contributed by atoms with Gasteiger partial charge in [-0.05, 0) is 42.8 Å². The molecule has 0 unspecified atom stereocenters. The summed E-state index contributed by atoms with van der Waals surface area (Å²) in [5.41, 5.74) is -0.542. The van der Waals surface area contributed by atoms with Gasteiger partial charge < -0.3 is 15.5 Å². The number of nitrogens with one attached hydrogen (secondary N) is 1. The van der Waals surface area contributed by atoms with Gasteiger partial charge in [0, 0.05) is 29.3 Å². The Balaban J connectivity index is 2.04. The van der Waals surface area contributed by atoms with Crippen LogP contribution in [0.25, 0.3) is 10.9 Å². The molecule has 0 aliphatic carbocycles. The molecule has 0 radical (unpaired) electrons.